The third-order valence-electron chi connectivity index (χ3n) is 8.03. The number of nitrogens with zero attached hydrogens (tertiary/aromatic N) is 1. The molecular weight excluding hydrogens is 489 g/mol. The highest BCUT2D eigenvalue weighted by molar-refractivity contribution is 6.62. The average Bonchev–Trinajstić information content (AvgIpc) is 3.64. The quantitative estimate of drug-likeness (QED) is 0.354. The van der Waals surface area contributed by atoms with Gasteiger partial charge in [0, 0.05) is 17.1 Å². The first-order valence-electron chi connectivity index (χ1n) is 13.7. The molecule has 0 spiro atoms. The third-order valence-corrected chi connectivity index (χ3v) is 9.26. The molecule has 2 radical (unpaired) electrons. The van der Waals surface area contributed by atoms with E-state index in [0.29, 0.717) is 5.92 Å². The lowest BCUT2D eigenvalue weighted by atomic mass is 9.72. The summed E-state index contributed by atoms with van der Waals surface area (Å²) in [6.45, 7) is 18.9. The number of rotatable bonds is 6. The van der Waals surface area contributed by atoms with Crippen LogP contribution in [-0.4, -0.2) is 32.7 Å². The van der Waals surface area contributed by atoms with Gasteiger partial charge < -0.3 is 13.7 Å². The molecule has 3 aromatic rings. The number of aromatic nitrogens is 1. The number of hydrogen-bond acceptors (Lipinski definition) is 4. The first-order valence-corrected chi connectivity index (χ1v) is 14.6. The fourth-order valence-electron chi connectivity index (χ4n) is 5.04. The minimum Gasteiger partial charge on any atom is -0.408 e. The zero-order valence-corrected chi connectivity index (χ0v) is 25.3. The van der Waals surface area contributed by atoms with Crippen LogP contribution in [0.3, 0.4) is 0 Å². The lowest BCUT2D eigenvalue weighted by Crippen LogP contribution is -2.43. The molecule has 7 heteroatoms. The largest absolute Gasteiger partial charge is 0.495 e. The van der Waals surface area contributed by atoms with Crippen LogP contribution in [0, 0.1) is 0 Å². The minimum absolute atomic E-state index is 0.00969. The predicted octanol–water partition coefficient (Wildman–Crippen LogP) is 6.26. The predicted molar refractivity (Wildman–Crippen MR) is 157 cm³/mol. The highest BCUT2D eigenvalue weighted by Gasteiger charge is 2.53. The average molecular weight is 530 g/mol. The molecule has 5 nitrogen and oxygen atoms in total. The molecule has 2 aliphatic rings. The van der Waals surface area contributed by atoms with Crippen LogP contribution in [-0.2, 0) is 19.3 Å². The molecule has 0 atom stereocenters. The first kappa shape index (κ1) is 27.4. The monoisotopic (exact) mass is 529 g/mol. The van der Waals surface area contributed by atoms with Gasteiger partial charge in [-0.2, -0.15) is 0 Å². The van der Waals surface area contributed by atoms with Gasteiger partial charge in [0.1, 0.15) is 0 Å². The lowest BCUT2D eigenvalue weighted by Gasteiger charge is -2.34. The summed E-state index contributed by atoms with van der Waals surface area (Å²) < 4.78 is 21.4. The second-order valence-electron chi connectivity index (χ2n) is 13.4. The summed E-state index contributed by atoms with van der Waals surface area (Å²) in [5.41, 5.74) is 2.21. The van der Waals surface area contributed by atoms with E-state index >= 15 is 0 Å². The Morgan fingerprint density at radius 1 is 0.974 bits per heavy atom. The van der Waals surface area contributed by atoms with E-state index in [1.807, 2.05) is 30.5 Å². The van der Waals surface area contributed by atoms with E-state index in [1.54, 1.807) is 4.57 Å². The SMILES string of the molecule is CC(C)(C)[Si]OC(C)(C)c1c(B2OC(C)(C)C(C)(C)O2)cccc1-n1ccc2cc(C3CC3)ccc2c1=O. The number of pyridine rings is 1. The summed E-state index contributed by atoms with van der Waals surface area (Å²) in [4.78, 5) is 13.9. The van der Waals surface area contributed by atoms with Gasteiger partial charge in [0.05, 0.1) is 22.5 Å². The van der Waals surface area contributed by atoms with Crippen molar-refractivity contribution in [3.63, 3.8) is 0 Å². The summed E-state index contributed by atoms with van der Waals surface area (Å²) in [5, 5.41) is 1.72. The van der Waals surface area contributed by atoms with Gasteiger partial charge in [0.25, 0.3) is 5.56 Å². The standard InChI is InChI=1S/C31H40BNO4Si/c1-28(2,3)38-37-29(4,5)26-24(32-35-30(6,7)31(8,9)36-32)11-10-12-25(26)33-18-17-22-19-21(20-13-14-20)15-16-23(22)27(33)34/h10-12,15-20H,13-14H2,1-9H3. The molecule has 2 aromatic carbocycles. The Labute approximate surface area is 230 Å². The van der Waals surface area contributed by atoms with Crippen LogP contribution in [0.5, 0.6) is 0 Å². The normalized spacial score (nSPS) is 19.3. The van der Waals surface area contributed by atoms with Crippen LogP contribution >= 0.6 is 0 Å². The van der Waals surface area contributed by atoms with Gasteiger partial charge in [-0.1, -0.05) is 45.0 Å². The molecule has 1 aliphatic carbocycles. The van der Waals surface area contributed by atoms with Crippen LogP contribution in [0.25, 0.3) is 16.5 Å². The Kier molecular flexibility index (Phi) is 6.62. The molecule has 0 N–H and O–H groups in total. The lowest BCUT2D eigenvalue weighted by molar-refractivity contribution is 0.00578. The van der Waals surface area contributed by atoms with E-state index in [0.717, 1.165) is 27.5 Å². The summed E-state index contributed by atoms with van der Waals surface area (Å²) in [6, 6.07) is 14.4. The van der Waals surface area contributed by atoms with Crippen LogP contribution in [0.15, 0.2) is 53.5 Å². The van der Waals surface area contributed by atoms with Gasteiger partial charge >= 0.3 is 7.12 Å². The van der Waals surface area contributed by atoms with Crippen molar-refractivity contribution in [2.24, 2.45) is 0 Å². The first-order chi connectivity index (χ1) is 17.6. The summed E-state index contributed by atoms with van der Waals surface area (Å²) in [7, 11) is -0.304. The van der Waals surface area contributed by atoms with Crippen molar-refractivity contribution in [2.75, 3.05) is 0 Å². The van der Waals surface area contributed by atoms with Crippen LogP contribution in [0.2, 0.25) is 5.04 Å². The summed E-state index contributed by atoms with van der Waals surface area (Å²) >= 11 is 0. The van der Waals surface area contributed by atoms with Gasteiger partial charge in [-0.15, -0.1) is 0 Å². The fraction of sp³-hybridized carbons (Fsp3) is 0.516. The van der Waals surface area contributed by atoms with Crippen molar-refractivity contribution in [3.8, 4) is 5.69 Å². The Bertz CT molecular complexity index is 1420. The van der Waals surface area contributed by atoms with Crippen molar-refractivity contribution >= 4 is 33.1 Å². The maximum atomic E-state index is 13.9. The van der Waals surface area contributed by atoms with Crippen molar-refractivity contribution in [2.45, 2.75) is 103 Å². The molecule has 1 saturated heterocycles. The second-order valence-corrected chi connectivity index (χ2v) is 15.3. The topological polar surface area (TPSA) is 49.7 Å². The van der Waals surface area contributed by atoms with Crippen molar-refractivity contribution in [1.82, 2.24) is 4.57 Å². The molecular formula is C31H40BNO4Si. The van der Waals surface area contributed by atoms with E-state index < -0.39 is 23.9 Å². The third kappa shape index (κ3) is 5.06. The van der Waals surface area contributed by atoms with Crippen molar-refractivity contribution in [1.29, 1.82) is 0 Å². The molecule has 1 saturated carbocycles. The van der Waals surface area contributed by atoms with E-state index in [2.05, 4.69) is 80.5 Å². The Morgan fingerprint density at radius 2 is 1.63 bits per heavy atom. The number of hydrogen-bond donors (Lipinski definition) is 0. The van der Waals surface area contributed by atoms with Gasteiger partial charge in [-0.25, -0.2) is 0 Å². The molecule has 1 aliphatic heterocycles. The Balaban J connectivity index is 1.67. The summed E-state index contributed by atoms with van der Waals surface area (Å²) in [5.74, 6) is 0.645. The van der Waals surface area contributed by atoms with Crippen molar-refractivity contribution < 1.29 is 13.7 Å². The zero-order valence-electron chi connectivity index (χ0n) is 24.3. The fourth-order valence-corrected chi connectivity index (χ4v) is 5.70. The summed E-state index contributed by atoms with van der Waals surface area (Å²) in [6.07, 6.45) is 4.38. The van der Waals surface area contributed by atoms with E-state index in [9.17, 15) is 4.79 Å². The van der Waals surface area contributed by atoms with Crippen molar-refractivity contribution in [3.05, 3.63) is 70.1 Å². The van der Waals surface area contributed by atoms with Gasteiger partial charge in [0.2, 0.25) is 9.76 Å². The van der Waals surface area contributed by atoms with E-state index in [-0.39, 0.29) is 20.4 Å². The van der Waals surface area contributed by atoms with Gasteiger partial charge in [-0.3, -0.25) is 9.36 Å². The van der Waals surface area contributed by atoms with Gasteiger partial charge in [0.15, 0.2) is 0 Å². The van der Waals surface area contributed by atoms with E-state index in [1.165, 1.54) is 18.4 Å². The van der Waals surface area contributed by atoms with Crippen LogP contribution in [0.1, 0.15) is 92.2 Å². The van der Waals surface area contributed by atoms with Crippen LogP contribution in [0.4, 0.5) is 0 Å². The number of fused-ring (bicyclic) bond motifs is 1. The molecule has 0 amide bonds. The molecule has 2 fully saturated rings. The molecule has 0 unspecified atom stereocenters. The maximum Gasteiger partial charge on any atom is 0.495 e. The maximum absolute atomic E-state index is 13.9. The molecule has 2 heterocycles. The number of benzene rings is 2. The molecule has 1 aromatic heterocycles. The molecule has 0 bridgehead atoms. The Morgan fingerprint density at radius 3 is 2.24 bits per heavy atom. The second kappa shape index (κ2) is 9.19. The minimum atomic E-state index is -0.703. The molecule has 200 valence electrons. The van der Waals surface area contributed by atoms with Crippen LogP contribution < -0.4 is 11.0 Å². The molecule has 38 heavy (non-hydrogen) atoms. The Hall–Kier alpha value is -2.19. The van der Waals surface area contributed by atoms with Gasteiger partial charge in [-0.05, 0) is 100.0 Å². The highest BCUT2D eigenvalue weighted by Crippen LogP contribution is 2.41. The highest BCUT2D eigenvalue weighted by atomic mass is 28.2. The zero-order chi connectivity index (χ0) is 27.7. The van der Waals surface area contributed by atoms with E-state index in [4.69, 9.17) is 13.7 Å². The molecule has 5 rings (SSSR count). The smallest absolute Gasteiger partial charge is 0.408 e.